The van der Waals surface area contributed by atoms with Gasteiger partial charge in [-0.25, -0.2) is 9.13 Å². The SMILES string of the molecule is CCCCCCCCCCCCCCCCCCCCCCCC(=O)O[C@H](COC(=O)CCCCCCCCCCCCCCCCCCC(C)C)COP(=O)(O)OC[C@@H](O)COP(=O)(O)OC[C@@H](COC(=O)CCCCCCCCC)OC(=O)CCCCCCCCCCCCCCCC. The molecule has 5 atom stereocenters. The summed E-state index contributed by atoms with van der Waals surface area (Å²) < 4.78 is 68.6. The van der Waals surface area contributed by atoms with Crippen LogP contribution in [0, 0.1) is 5.92 Å². The van der Waals surface area contributed by atoms with Gasteiger partial charge < -0.3 is 33.8 Å². The second kappa shape index (κ2) is 74.9. The third kappa shape index (κ3) is 76.1. The number of unbranched alkanes of at least 4 members (excludes halogenated alkanes) is 54. The van der Waals surface area contributed by atoms with Gasteiger partial charge in [-0.2, -0.15) is 0 Å². The van der Waals surface area contributed by atoms with Gasteiger partial charge >= 0.3 is 39.5 Å². The van der Waals surface area contributed by atoms with Crippen molar-refractivity contribution in [3.63, 3.8) is 0 Å². The summed E-state index contributed by atoms with van der Waals surface area (Å²) in [6, 6.07) is 0. The van der Waals surface area contributed by atoms with Gasteiger partial charge in [0.25, 0.3) is 0 Å². The number of rotatable bonds is 82. The number of esters is 4. The predicted molar refractivity (Wildman–Crippen MR) is 414 cm³/mol. The highest BCUT2D eigenvalue weighted by Gasteiger charge is 2.30. The average Bonchev–Trinajstić information content (AvgIpc) is 1.02. The Bertz CT molecular complexity index is 1930. The minimum absolute atomic E-state index is 0.108. The van der Waals surface area contributed by atoms with E-state index in [1.807, 2.05) is 0 Å². The number of ether oxygens (including phenoxy) is 4. The molecule has 17 nitrogen and oxygen atoms in total. The normalized spacial score (nSPS) is 13.8. The number of phosphoric acid groups is 2. The van der Waals surface area contributed by atoms with Crippen molar-refractivity contribution < 1.29 is 80.2 Å². The van der Waals surface area contributed by atoms with Crippen LogP contribution < -0.4 is 0 Å². The van der Waals surface area contributed by atoms with E-state index >= 15 is 0 Å². The molecule has 19 heteroatoms. The maximum atomic E-state index is 13.1. The number of hydrogen-bond donors (Lipinski definition) is 3. The molecule has 0 amide bonds. The molecule has 0 rings (SSSR count). The Morgan fingerprint density at radius 1 is 0.267 bits per heavy atom. The fourth-order valence-corrected chi connectivity index (χ4v) is 14.3. The highest BCUT2D eigenvalue weighted by atomic mass is 31.2. The molecule has 600 valence electrons. The third-order valence-corrected chi connectivity index (χ3v) is 21.2. The molecule has 0 aliphatic rings. The van der Waals surface area contributed by atoms with Gasteiger partial charge in [-0.15, -0.1) is 0 Å². The van der Waals surface area contributed by atoms with Crippen molar-refractivity contribution in [3.05, 3.63) is 0 Å². The van der Waals surface area contributed by atoms with Crippen LogP contribution >= 0.6 is 15.6 Å². The molecular formula is C82H160O17P2. The fraction of sp³-hybridized carbons (Fsp3) is 0.951. The van der Waals surface area contributed by atoms with Crippen LogP contribution in [0.1, 0.15) is 439 Å². The highest BCUT2D eigenvalue weighted by molar-refractivity contribution is 7.47. The van der Waals surface area contributed by atoms with Crippen LogP contribution in [0.5, 0.6) is 0 Å². The lowest BCUT2D eigenvalue weighted by Gasteiger charge is -2.21. The molecule has 0 spiro atoms. The van der Waals surface area contributed by atoms with E-state index in [1.54, 1.807) is 0 Å². The Kier molecular flexibility index (Phi) is 73.5. The average molecular weight is 1480 g/mol. The van der Waals surface area contributed by atoms with Crippen LogP contribution in [0.4, 0.5) is 0 Å². The maximum absolute atomic E-state index is 13.1. The van der Waals surface area contributed by atoms with Gasteiger partial charge in [-0.3, -0.25) is 37.3 Å². The molecule has 0 aromatic heterocycles. The standard InChI is InChI=1S/C82H160O17P2/c1-6-9-12-15-18-20-22-24-26-27-28-29-30-31-36-40-44-48-53-58-63-68-82(87)99-78(72-93-80(85)66-61-56-51-46-42-39-35-33-32-34-37-41-45-50-54-59-64-75(4)5)74-97-101(90,91)95-70-76(83)69-94-100(88,89)96-73-77(71-92-79(84)65-60-55-49-17-14-11-8-3)98-81(86)67-62-57-52-47-43-38-25-23-21-19-16-13-10-7-2/h75-78,83H,6-74H2,1-5H3,(H,88,89)(H,90,91)/t76-,77+,78+/m0/s1. The van der Waals surface area contributed by atoms with Crippen molar-refractivity contribution in [2.45, 2.75) is 457 Å². The molecule has 101 heavy (non-hydrogen) atoms. The molecule has 2 unspecified atom stereocenters. The molecular weight excluding hydrogens is 1320 g/mol. The first-order valence-corrected chi connectivity index (χ1v) is 45.6. The monoisotopic (exact) mass is 1480 g/mol. The molecule has 3 N–H and O–H groups in total. The zero-order chi connectivity index (χ0) is 74.1. The van der Waals surface area contributed by atoms with Gasteiger partial charge in [-0.05, 0) is 31.6 Å². The zero-order valence-electron chi connectivity index (χ0n) is 66.1. The van der Waals surface area contributed by atoms with Crippen LogP contribution in [0.3, 0.4) is 0 Å². The lowest BCUT2D eigenvalue weighted by atomic mass is 10.0. The first kappa shape index (κ1) is 99.1. The molecule has 0 aliphatic heterocycles. The van der Waals surface area contributed by atoms with E-state index in [0.29, 0.717) is 25.7 Å². The van der Waals surface area contributed by atoms with E-state index < -0.39 is 97.5 Å². The number of carbonyl (C=O) groups excluding carboxylic acids is 4. The van der Waals surface area contributed by atoms with Crippen molar-refractivity contribution in [1.29, 1.82) is 0 Å². The summed E-state index contributed by atoms with van der Waals surface area (Å²) in [6.45, 7) is 7.33. The number of phosphoric ester groups is 2. The van der Waals surface area contributed by atoms with E-state index in [9.17, 15) is 43.2 Å². The van der Waals surface area contributed by atoms with Gasteiger partial charge in [0.05, 0.1) is 26.4 Å². The number of hydrogen-bond acceptors (Lipinski definition) is 15. The largest absolute Gasteiger partial charge is 0.472 e. The molecule has 0 aliphatic carbocycles. The zero-order valence-corrected chi connectivity index (χ0v) is 67.8. The van der Waals surface area contributed by atoms with Crippen LogP contribution in [0.25, 0.3) is 0 Å². The van der Waals surface area contributed by atoms with Crippen molar-refractivity contribution in [2.24, 2.45) is 5.92 Å². The van der Waals surface area contributed by atoms with Gasteiger partial charge in [0, 0.05) is 25.7 Å². The summed E-state index contributed by atoms with van der Waals surface area (Å²) in [4.78, 5) is 72.9. The van der Waals surface area contributed by atoms with Gasteiger partial charge in [0.15, 0.2) is 12.2 Å². The first-order valence-electron chi connectivity index (χ1n) is 42.6. The van der Waals surface area contributed by atoms with Crippen molar-refractivity contribution in [1.82, 2.24) is 0 Å². The summed E-state index contributed by atoms with van der Waals surface area (Å²) in [5.41, 5.74) is 0. The molecule has 0 fully saturated rings. The summed E-state index contributed by atoms with van der Waals surface area (Å²) in [7, 11) is -9.91. The second-order valence-electron chi connectivity index (χ2n) is 30.0. The van der Waals surface area contributed by atoms with Gasteiger partial charge in [-0.1, -0.05) is 388 Å². The third-order valence-electron chi connectivity index (χ3n) is 19.3. The van der Waals surface area contributed by atoms with Gasteiger partial charge in [0.2, 0.25) is 0 Å². The number of aliphatic hydroxyl groups excluding tert-OH is 1. The Labute approximate surface area is 619 Å². The first-order chi connectivity index (χ1) is 49.0. The van der Waals surface area contributed by atoms with Gasteiger partial charge in [0.1, 0.15) is 19.3 Å². The summed E-state index contributed by atoms with van der Waals surface area (Å²) in [6.07, 6.45) is 66.9. The summed E-state index contributed by atoms with van der Waals surface area (Å²) in [5.74, 6) is -1.30. The van der Waals surface area contributed by atoms with Crippen LogP contribution in [0.2, 0.25) is 0 Å². The molecule has 0 radical (unpaired) electrons. The van der Waals surface area contributed by atoms with Crippen LogP contribution in [-0.2, 0) is 65.4 Å². The Morgan fingerprint density at radius 2 is 0.455 bits per heavy atom. The molecule has 0 bridgehead atoms. The molecule has 0 aromatic carbocycles. The summed E-state index contributed by atoms with van der Waals surface area (Å²) >= 11 is 0. The van der Waals surface area contributed by atoms with Crippen molar-refractivity contribution >= 4 is 39.5 Å². The minimum Gasteiger partial charge on any atom is -0.462 e. The molecule has 0 heterocycles. The summed E-state index contributed by atoms with van der Waals surface area (Å²) in [5, 5.41) is 10.6. The van der Waals surface area contributed by atoms with E-state index in [1.165, 1.54) is 250 Å². The predicted octanol–water partition coefficient (Wildman–Crippen LogP) is 24.8. The lowest BCUT2D eigenvalue weighted by Crippen LogP contribution is -2.30. The highest BCUT2D eigenvalue weighted by Crippen LogP contribution is 2.45. The topological polar surface area (TPSA) is 237 Å². The second-order valence-corrected chi connectivity index (χ2v) is 32.9. The van der Waals surface area contributed by atoms with E-state index in [4.69, 9.17) is 37.0 Å². The Hall–Kier alpha value is -1.94. The molecule has 0 saturated carbocycles. The quantitative estimate of drug-likeness (QED) is 0.0222. The lowest BCUT2D eigenvalue weighted by molar-refractivity contribution is -0.161. The van der Waals surface area contributed by atoms with E-state index in [-0.39, 0.29) is 25.7 Å². The minimum atomic E-state index is -4.96. The van der Waals surface area contributed by atoms with Crippen LogP contribution in [-0.4, -0.2) is 96.7 Å². The van der Waals surface area contributed by atoms with E-state index in [0.717, 1.165) is 109 Å². The van der Waals surface area contributed by atoms with Crippen molar-refractivity contribution in [2.75, 3.05) is 39.6 Å². The fourth-order valence-electron chi connectivity index (χ4n) is 12.8. The molecule has 0 saturated heterocycles. The van der Waals surface area contributed by atoms with Crippen LogP contribution in [0.15, 0.2) is 0 Å². The van der Waals surface area contributed by atoms with E-state index in [2.05, 4.69) is 34.6 Å². The smallest absolute Gasteiger partial charge is 0.462 e. The Balaban J connectivity index is 5.16. The van der Waals surface area contributed by atoms with Crippen molar-refractivity contribution in [3.8, 4) is 0 Å². The number of carbonyl (C=O) groups is 4. The molecule has 0 aromatic rings. The Morgan fingerprint density at radius 3 is 0.673 bits per heavy atom. The number of aliphatic hydroxyl groups is 1. The maximum Gasteiger partial charge on any atom is 0.472 e.